The number of rotatable bonds is 6. The molecule has 0 saturated carbocycles. The van der Waals surface area contributed by atoms with Crippen LogP contribution in [0.1, 0.15) is 27.0 Å². The fourth-order valence-corrected chi connectivity index (χ4v) is 4.25. The molecule has 0 fully saturated rings. The predicted molar refractivity (Wildman–Crippen MR) is 120 cm³/mol. The second-order valence-electron chi connectivity index (χ2n) is 7.79. The molecule has 2 N–H and O–H groups in total. The highest BCUT2D eigenvalue weighted by Crippen LogP contribution is 2.57. The standard InChI is InChI=1S/C25H19ClO8/c26-11-23(29)32-16-6-8-20-22(10-16)33-21-9-15(31-13-14(28)12-27)5-7-19(21)25(20)18-4-2-1-3-17(18)24(30)34-25/h1-10,14,27-28H,11-13H2. The van der Waals surface area contributed by atoms with E-state index in [2.05, 4.69) is 0 Å². The molecule has 2 aliphatic heterocycles. The maximum atomic E-state index is 12.9. The molecule has 0 radical (unpaired) electrons. The molecule has 174 valence electrons. The molecule has 34 heavy (non-hydrogen) atoms. The van der Waals surface area contributed by atoms with Crippen LogP contribution >= 0.6 is 11.6 Å². The van der Waals surface area contributed by atoms with Crippen molar-refractivity contribution in [2.75, 3.05) is 19.1 Å². The smallest absolute Gasteiger partial charge is 0.340 e. The van der Waals surface area contributed by atoms with Crippen LogP contribution in [-0.4, -0.2) is 47.3 Å². The number of alkyl halides is 1. The van der Waals surface area contributed by atoms with Gasteiger partial charge >= 0.3 is 11.9 Å². The van der Waals surface area contributed by atoms with Gasteiger partial charge in [-0.3, -0.25) is 4.79 Å². The van der Waals surface area contributed by atoms with Crippen molar-refractivity contribution in [2.24, 2.45) is 0 Å². The van der Waals surface area contributed by atoms with Gasteiger partial charge in [-0.25, -0.2) is 4.79 Å². The fraction of sp³-hybridized carbons (Fsp3) is 0.200. The minimum Gasteiger partial charge on any atom is -0.491 e. The van der Waals surface area contributed by atoms with E-state index in [0.29, 0.717) is 39.5 Å². The van der Waals surface area contributed by atoms with E-state index in [1.165, 1.54) is 6.07 Å². The zero-order valence-electron chi connectivity index (χ0n) is 17.7. The van der Waals surface area contributed by atoms with Crippen molar-refractivity contribution in [3.05, 3.63) is 82.9 Å². The van der Waals surface area contributed by atoms with E-state index in [1.807, 2.05) is 12.1 Å². The van der Waals surface area contributed by atoms with E-state index < -0.39 is 30.3 Å². The molecule has 3 aromatic rings. The third kappa shape index (κ3) is 3.56. The number of hydrogen-bond donors (Lipinski definition) is 2. The lowest BCUT2D eigenvalue weighted by molar-refractivity contribution is -0.131. The Labute approximate surface area is 199 Å². The molecule has 0 aromatic heterocycles. The zero-order chi connectivity index (χ0) is 23.9. The topological polar surface area (TPSA) is 112 Å². The molecular weight excluding hydrogens is 464 g/mol. The van der Waals surface area contributed by atoms with E-state index in [-0.39, 0.29) is 18.2 Å². The highest BCUT2D eigenvalue weighted by Gasteiger charge is 2.53. The first-order valence-corrected chi connectivity index (χ1v) is 11.0. The second kappa shape index (κ2) is 8.64. The van der Waals surface area contributed by atoms with Crippen molar-refractivity contribution >= 4 is 23.5 Å². The van der Waals surface area contributed by atoms with Crippen molar-refractivity contribution in [1.82, 2.24) is 0 Å². The van der Waals surface area contributed by atoms with Crippen LogP contribution in [0, 0.1) is 0 Å². The zero-order valence-corrected chi connectivity index (χ0v) is 18.4. The molecule has 3 aromatic carbocycles. The van der Waals surface area contributed by atoms with Gasteiger partial charge in [-0.15, -0.1) is 11.6 Å². The van der Waals surface area contributed by atoms with Gasteiger partial charge in [0.15, 0.2) is 5.60 Å². The van der Waals surface area contributed by atoms with Crippen molar-refractivity contribution in [3.63, 3.8) is 0 Å². The highest BCUT2D eigenvalue weighted by atomic mass is 35.5. The highest BCUT2D eigenvalue weighted by molar-refractivity contribution is 6.26. The number of fused-ring (bicyclic) bond motifs is 6. The number of carbonyl (C=O) groups is 2. The summed E-state index contributed by atoms with van der Waals surface area (Å²) in [4.78, 5) is 24.5. The van der Waals surface area contributed by atoms with Crippen LogP contribution in [0.2, 0.25) is 0 Å². The Morgan fingerprint density at radius 1 is 1.00 bits per heavy atom. The Balaban J connectivity index is 1.65. The van der Waals surface area contributed by atoms with Gasteiger partial charge in [-0.05, 0) is 30.3 Å². The number of carbonyl (C=O) groups excluding carboxylic acids is 2. The van der Waals surface area contributed by atoms with Crippen LogP contribution in [-0.2, 0) is 15.1 Å². The molecule has 0 amide bonds. The molecule has 0 aliphatic carbocycles. The summed E-state index contributed by atoms with van der Waals surface area (Å²) in [5, 5.41) is 18.6. The minimum atomic E-state index is -1.28. The van der Waals surface area contributed by atoms with E-state index in [1.54, 1.807) is 42.5 Å². The first-order chi connectivity index (χ1) is 16.5. The molecular formula is C25H19ClO8. The Kier molecular flexibility index (Phi) is 5.65. The summed E-state index contributed by atoms with van der Waals surface area (Å²) in [5.41, 5.74) is 0.951. The SMILES string of the molecule is O=C(CCl)Oc1ccc2c(c1)Oc1cc(OCC(O)CO)ccc1C21OC(=O)c2ccccc21. The number of hydrogen-bond acceptors (Lipinski definition) is 8. The monoisotopic (exact) mass is 482 g/mol. The van der Waals surface area contributed by atoms with Crippen molar-refractivity contribution < 1.29 is 38.7 Å². The number of halogens is 1. The summed E-state index contributed by atoms with van der Waals surface area (Å²) in [5.74, 6) is -0.123. The molecule has 2 atom stereocenters. The molecule has 1 spiro atoms. The van der Waals surface area contributed by atoms with E-state index in [9.17, 15) is 14.7 Å². The largest absolute Gasteiger partial charge is 0.491 e. The van der Waals surface area contributed by atoms with Gasteiger partial charge in [-0.1, -0.05) is 18.2 Å². The van der Waals surface area contributed by atoms with Crippen LogP contribution in [0.4, 0.5) is 0 Å². The van der Waals surface area contributed by atoms with Gasteiger partial charge in [0.1, 0.15) is 41.6 Å². The maximum absolute atomic E-state index is 12.9. The van der Waals surface area contributed by atoms with Crippen molar-refractivity contribution in [1.29, 1.82) is 0 Å². The molecule has 2 unspecified atom stereocenters. The third-order valence-corrected chi connectivity index (χ3v) is 5.87. The van der Waals surface area contributed by atoms with Crippen LogP contribution in [0.15, 0.2) is 60.7 Å². The second-order valence-corrected chi connectivity index (χ2v) is 8.06. The van der Waals surface area contributed by atoms with Gasteiger partial charge in [0.05, 0.1) is 12.2 Å². The van der Waals surface area contributed by atoms with Gasteiger partial charge in [0.2, 0.25) is 0 Å². The lowest BCUT2D eigenvalue weighted by Crippen LogP contribution is -2.33. The van der Waals surface area contributed by atoms with E-state index in [4.69, 9.17) is 35.7 Å². The minimum absolute atomic E-state index is 0.118. The summed E-state index contributed by atoms with van der Waals surface area (Å²) in [7, 11) is 0. The molecule has 0 saturated heterocycles. The quantitative estimate of drug-likeness (QED) is 0.313. The fourth-order valence-electron chi connectivity index (χ4n) is 4.19. The molecule has 5 rings (SSSR count). The first-order valence-electron chi connectivity index (χ1n) is 10.4. The summed E-state index contributed by atoms with van der Waals surface area (Å²) in [6, 6.07) is 16.9. The average Bonchev–Trinajstić information content (AvgIpc) is 3.15. The molecule has 8 nitrogen and oxygen atoms in total. The summed E-state index contributed by atoms with van der Waals surface area (Å²) in [6.45, 7) is -0.554. The predicted octanol–water partition coefficient (Wildman–Crippen LogP) is 3.13. The summed E-state index contributed by atoms with van der Waals surface area (Å²) >= 11 is 5.55. The Bertz CT molecular complexity index is 1290. The molecule has 2 aliphatic rings. The first kappa shape index (κ1) is 22.2. The van der Waals surface area contributed by atoms with Crippen LogP contribution in [0.3, 0.4) is 0 Å². The van der Waals surface area contributed by atoms with Crippen molar-refractivity contribution in [2.45, 2.75) is 11.7 Å². The van der Waals surface area contributed by atoms with Gasteiger partial charge in [0, 0.05) is 28.8 Å². The Morgan fingerprint density at radius 2 is 1.68 bits per heavy atom. The average molecular weight is 483 g/mol. The lowest BCUT2D eigenvalue weighted by atomic mass is 9.77. The number of ether oxygens (including phenoxy) is 4. The van der Waals surface area contributed by atoms with Crippen LogP contribution in [0.5, 0.6) is 23.0 Å². The van der Waals surface area contributed by atoms with Gasteiger partial charge in [0.25, 0.3) is 0 Å². The van der Waals surface area contributed by atoms with Gasteiger partial charge < -0.3 is 29.2 Å². The summed E-state index contributed by atoms with van der Waals surface area (Å²) < 4.78 is 23.0. The van der Waals surface area contributed by atoms with E-state index in [0.717, 1.165) is 0 Å². The molecule has 2 heterocycles. The Morgan fingerprint density at radius 3 is 2.38 bits per heavy atom. The lowest BCUT2D eigenvalue weighted by Gasteiger charge is -2.36. The van der Waals surface area contributed by atoms with E-state index >= 15 is 0 Å². The normalized spacial score (nSPS) is 18.3. The number of esters is 2. The third-order valence-electron chi connectivity index (χ3n) is 5.65. The van der Waals surface area contributed by atoms with Crippen LogP contribution < -0.4 is 14.2 Å². The number of benzene rings is 3. The number of aliphatic hydroxyl groups excluding tert-OH is 2. The molecule has 0 bridgehead atoms. The molecule has 9 heteroatoms. The maximum Gasteiger partial charge on any atom is 0.340 e. The summed E-state index contributed by atoms with van der Waals surface area (Å²) in [6.07, 6.45) is -1.04. The Hall–Kier alpha value is -3.59. The number of aliphatic hydroxyl groups is 2. The van der Waals surface area contributed by atoms with Gasteiger partial charge in [-0.2, -0.15) is 0 Å². The van der Waals surface area contributed by atoms with Crippen LogP contribution in [0.25, 0.3) is 0 Å². The van der Waals surface area contributed by atoms with Crippen molar-refractivity contribution in [3.8, 4) is 23.0 Å².